The van der Waals surface area contributed by atoms with Crippen LogP contribution >= 0.6 is 11.8 Å². The minimum absolute atomic E-state index is 0.00242. The number of carboxylic acid groups (broad SMARTS) is 1. The Morgan fingerprint density at radius 3 is 1.88 bits per heavy atom. The van der Waals surface area contributed by atoms with E-state index in [1.807, 2.05) is 20.1 Å². The van der Waals surface area contributed by atoms with Crippen LogP contribution in [0.25, 0.3) is 0 Å². The van der Waals surface area contributed by atoms with E-state index < -0.39 is 102 Å². The molecular weight excluding hydrogens is 747 g/mol. The quantitative estimate of drug-likeness (QED) is 0.0461. The van der Waals surface area contributed by atoms with Crippen LogP contribution in [0.1, 0.15) is 71.8 Å². The molecule has 6 atom stereocenters. The lowest BCUT2D eigenvalue weighted by Crippen LogP contribution is -2.59. The van der Waals surface area contributed by atoms with Gasteiger partial charge in [-0.1, -0.05) is 58.0 Å². The van der Waals surface area contributed by atoms with Crippen molar-refractivity contribution in [1.82, 2.24) is 31.9 Å². The molecule has 0 aliphatic heterocycles. The van der Waals surface area contributed by atoms with Crippen molar-refractivity contribution in [3.8, 4) is 0 Å². The van der Waals surface area contributed by atoms with Crippen molar-refractivity contribution < 1.29 is 43.5 Å². The number of carboxylic acids is 1. The van der Waals surface area contributed by atoms with Crippen LogP contribution in [0.2, 0.25) is 0 Å². The lowest BCUT2D eigenvalue weighted by molar-refractivity contribution is -0.140. The van der Waals surface area contributed by atoms with Gasteiger partial charge in [0.1, 0.15) is 30.2 Å². The summed E-state index contributed by atoms with van der Waals surface area (Å²) in [6.45, 7) is 6.84. The lowest BCUT2D eigenvalue weighted by Gasteiger charge is -2.27. The third-order valence-corrected chi connectivity index (χ3v) is 9.17. The third-order valence-electron chi connectivity index (χ3n) is 8.53. The molecule has 1 aromatic carbocycles. The van der Waals surface area contributed by atoms with Crippen molar-refractivity contribution >= 4 is 59.1 Å². The fourth-order valence-electron chi connectivity index (χ4n) is 5.46. The molecule has 0 bridgehead atoms. The number of amides is 7. The molecule has 0 saturated carbocycles. The fraction of sp³-hybridized carbons (Fsp3) is 0.622. The van der Waals surface area contributed by atoms with Gasteiger partial charge in [0.2, 0.25) is 41.4 Å². The summed E-state index contributed by atoms with van der Waals surface area (Å²) in [5, 5.41) is 24.6. The minimum atomic E-state index is -1.42. The molecule has 0 fully saturated rings. The highest BCUT2D eigenvalue weighted by molar-refractivity contribution is 7.98. The summed E-state index contributed by atoms with van der Waals surface area (Å²) < 4.78 is 0. The largest absolute Gasteiger partial charge is 0.481 e. The number of hydrogen-bond acceptors (Lipinski definition) is 11. The van der Waals surface area contributed by atoms with E-state index in [0.29, 0.717) is 37.1 Å². The normalized spacial score (nSPS) is 14.3. The van der Waals surface area contributed by atoms with E-state index in [4.69, 9.17) is 22.3 Å². The Morgan fingerprint density at radius 2 is 1.32 bits per heavy atom. The molecular formula is C37H61N9O9S. The van der Waals surface area contributed by atoms with Crippen molar-refractivity contribution in [3.63, 3.8) is 0 Å². The van der Waals surface area contributed by atoms with Gasteiger partial charge in [-0.15, -0.1) is 0 Å². The van der Waals surface area contributed by atoms with Crippen molar-refractivity contribution in [2.75, 3.05) is 25.1 Å². The molecule has 1 rings (SSSR count). The maximum atomic E-state index is 13.8. The molecule has 314 valence electrons. The summed E-state index contributed by atoms with van der Waals surface area (Å²) in [6.07, 6.45) is 2.82. The van der Waals surface area contributed by atoms with Crippen LogP contribution in [0.3, 0.4) is 0 Å². The van der Waals surface area contributed by atoms with Gasteiger partial charge in [0.15, 0.2) is 0 Å². The van der Waals surface area contributed by atoms with E-state index in [2.05, 4.69) is 31.9 Å². The van der Waals surface area contributed by atoms with Gasteiger partial charge in [-0.25, -0.2) is 0 Å². The highest BCUT2D eigenvalue weighted by Gasteiger charge is 2.33. The van der Waals surface area contributed by atoms with E-state index in [1.54, 1.807) is 44.2 Å². The molecule has 0 spiro atoms. The van der Waals surface area contributed by atoms with Gasteiger partial charge in [-0.05, 0) is 68.1 Å². The second-order valence-electron chi connectivity index (χ2n) is 14.2. The maximum absolute atomic E-state index is 13.8. The summed E-state index contributed by atoms with van der Waals surface area (Å²) in [5.41, 5.74) is 17.5. The van der Waals surface area contributed by atoms with Crippen LogP contribution in [0, 0.1) is 11.8 Å². The molecule has 56 heavy (non-hydrogen) atoms. The first-order valence-electron chi connectivity index (χ1n) is 18.7. The standard InChI is InChI=1S/C37H61N9O9S/c1-21(2)17-27(35(53)43-25(32(40)50)14-16-56-5)42-29(47)20-41-37(55)31(22(3)4)46-36(54)28(18-23-11-7-6-8-12-23)45-34(52)26(13-9-10-15-38)44-33(51)24(39)19-30(48)49/h6-8,11-12,21-22,24-28,31H,9-10,13-20,38-39H2,1-5H3,(H2,40,50)(H,41,55)(H,42,47)(H,43,53)(H,44,51)(H,45,52)(H,46,54)(H,48,49)/t24-,25-,26-,27-,28-,31-/m0/s1. The molecule has 0 saturated heterocycles. The second-order valence-corrected chi connectivity index (χ2v) is 15.2. The van der Waals surface area contributed by atoms with Crippen LogP contribution in [0.4, 0.5) is 0 Å². The van der Waals surface area contributed by atoms with E-state index >= 15 is 0 Å². The number of nitrogens with two attached hydrogens (primary N) is 3. The van der Waals surface area contributed by atoms with Crippen LogP contribution in [-0.2, 0) is 44.8 Å². The first kappa shape index (κ1) is 49.3. The summed E-state index contributed by atoms with van der Waals surface area (Å²) in [7, 11) is 0. The van der Waals surface area contributed by atoms with E-state index in [0.717, 1.165) is 0 Å². The number of primary amides is 1. The molecule has 0 aliphatic rings. The zero-order valence-electron chi connectivity index (χ0n) is 32.9. The van der Waals surface area contributed by atoms with Gasteiger partial charge >= 0.3 is 5.97 Å². The van der Waals surface area contributed by atoms with Crippen molar-refractivity contribution in [3.05, 3.63) is 35.9 Å². The van der Waals surface area contributed by atoms with Gasteiger partial charge in [-0.2, -0.15) is 11.8 Å². The van der Waals surface area contributed by atoms with Crippen LogP contribution < -0.4 is 49.1 Å². The Bertz CT molecular complexity index is 1470. The third kappa shape index (κ3) is 19.2. The monoisotopic (exact) mass is 807 g/mol. The van der Waals surface area contributed by atoms with Gasteiger partial charge in [0.05, 0.1) is 19.0 Å². The Morgan fingerprint density at radius 1 is 0.732 bits per heavy atom. The van der Waals surface area contributed by atoms with Crippen molar-refractivity contribution in [2.24, 2.45) is 29.0 Å². The summed E-state index contributed by atoms with van der Waals surface area (Å²) in [5.74, 6) is -6.23. The molecule has 0 radical (unpaired) electrons. The predicted octanol–water partition coefficient (Wildman–Crippen LogP) is -1.36. The zero-order valence-corrected chi connectivity index (χ0v) is 33.7. The number of rotatable bonds is 27. The molecule has 13 N–H and O–H groups in total. The number of unbranched alkanes of at least 4 members (excludes halogenated alkanes) is 1. The van der Waals surface area contributed by atoms with E-state index in [-0.39, 0.29) is 25.2 Å². The molecule has 0 aromatic heterocycles. The van der Waals surface area contributed by atoms with E-state index in [9.17, 15) is 38.4 Å². The zero-order chi connectivity index (χ0) is 42.4. The topological polar surface area (TPSA) is 307 Å². The first-order chi connectivity index (χ1) is 26.4. The van der Waals surface area contributed by atoms with Crippen molar-refractivity contribution in [1.29, 1.82) is 0 Å². The average molecular weight is 808 g/mol. The van der Waals surface area contributed by atoms with Crippen molar-refractivity contribution in [2.45, 2.75) is 109 Å². The maximum Gasteiger partial charge on any atom is 0.305 e. The lowest BCUT2D eigenvalue weighted by atomic mass is 10.00. The van der Waals surface area contributed by atoms with Gasteiger partial charge in [0.25, 0.3) is 0 Å². The van der Waals surface area contributed by atoms with Crippen LogP contribution in [0.5, 0.6) is 0 Å². The average Bonchev–Trinajstić information content (AvgIpc) is 3.12. The number of thioether (sulfide) groups is 1. The Kier molecular flexibility index (Phi) is 23.0. The molecule has 7 amide bonds. The van der Waals surface area contributed by atoms with Crippen LogP contribution in [-0.4, -0.2) is 114 Å². The molecule has 19 heteroatoms. The van der Waals surface area contributed by atoms with Gasteiger partial charge in [0, 0.05) is 6.42 Å². The number of aliphatic carboxylic acids is 1. The van der Waals surface area contributed by atoms with Gasteiger partial charge in [-0.3, -0.25) is 38.4 Å². The predicted molar refractivity (Wildman–Crippen MR) is 212 cm³/mol. The molecule has 0 unspecified atom stereocenters. The Balaban J connectivity index is 3.16. The highest BCUT2D eigenvalue weighted by Crippen LogP contribution is 2.10. The molecule has 18 nitrogen and oxygen atoms in total. The Hall–Kier alpha value is -4.75. The highest BCUT2D eigenvalue weighted by atomic mass is 32.2. The molecule has 0 aliphatic carbocycles. The number of carbonyl (C=O) groups excluding carboxylic acids is 7. The number of nitrogens with one attached hydrogen (secondary N) is 6. The number of hydrogen-bond donors (Lipinski definition) is 10. The first-order valence-corrected chi connectivity index (χ1v) is 20.1. The summed E-state index contributed by atoms with van der Waals surface area (Å²) in [4.78, 5) is 103. The summed E-state index contributed by atoms with van der Waals surface area (Å²) >= 11 is 1.48. The number of benzene rings is 1. The molecule has 0 heterocycles. The van der Waals surface area contributed by atoms with E-state index in [1.165, 1.54) is 11.8 Å². The second kappa shape index (κ2) is 26.2. The Labute approximate surface area is 332 Å². The number of carbonyl (C=O) groups is 8. The fourth-order valence-corrected chi connectivity index (χ4v) is 5.93. The smallest absolute Gasteiger partial charge is 0.305 e. The SMILES string of the molecule is CSCC[C@H](NC(=O)[C@H](CC(C)C)NC(=O)CNC(=O)[C@@H](NC(=O)[C@H](Cc1ccccc1)NC(=O)[C@H](CCCCN)NC(=O)[C@@H](N)CC(=O)O)C(C)C)C(N)=O. The van der Waals surface area contributed by atoms with Crippen LogP contribution in [0.15, 0.2) is 30.3 Å². The molecule has 1 aromatic rings. The minimum Gasteiger partial charge on any atom is -0.481 e. The summed E-state index contributed by atoms with van der Waals surface area (Å²) in [6, 6.07) is 1.82. The van der Waals surface area contributed by atoms with Gasteiger partial charge < -0.3 is 54.2 Å².